The van der Waals surface area contributed by atoms with Crippen LogP contribution in [0.1, 0.15) is 45.2 Å². The highest BCUT2D eigenvalue weighted by atomic mass is 16.5. The van der Waals surface area contributed by atoms with Gasteiger partial charge in [0.15, 0.2) is 6.61 Å². The number of imide groups is 1. The van der Waals surface area contributed by atoms with Crippen LogP contribution in [0.25, 0.3) is 0 Å². The first-order valence-corrected chi connectivity index (χ1v) is 12.4. The fourth-order valence-electron chi connectivity index (χ4n) is 6.40. The number of aryl methyl sites for hydroxylation is 2. The molecule has 0 radical (unpaired) electrons. The van der Waals surface area contributed by atoms with Crippen molar-refractivity contribution >= 4 is 29.4 Å². The van der Waals surface area contributed by atoms with Gasteiger partial charge >= 0.3 is 5.97 Å². The first-order valence-electron chi connectivity index (χ1n) is 12.4. The summed E-state index contributed by atoms with van der Waals surface area (Å²) >= 11 is 0. The van der Waals surface area contributed by atoms with E-state index in [-0.39, 0.29) is 23.7 Å². The zero-order valence-corrected chi connectivity index (χ0v) is 20.6. The van der Waals surface area contributed by atoms with Crippen LogP contribution >= 0.6 is 0 Å². The number of hydrogen-bond acceptors (Lipinski definition) is 5. The van der Waals surface area contributed by atoms with Crippen LogP contribution in [0.15, 0.2) is 66.7 Å². The van der Waals surface area contributed by atoms with Crippen molar-refractivity contribution in [3.8, 4) is 0 Å². The van der Waals surface area contributed by atoms with Gasteiger partial charge in [-0.1, -0.05) is 66.7 Å². The smallest absolute Gasteiger partial charge is 0.326 e. The van der Waals surface area contributed by atoms with Crippen LogP contribution in [0, 0.1) is 25.7 Å². The van der Waals surface area contributed by atoms with Crippen LogP contribution in [-0.2, 0) is 23.9 Å². The topological polar surface area (TPSA) is 92.8 Å². The third kappa shape index (κ3) is 3.56. The molecule has 3 aliphatic carbocycles. The summed E-state index contributed by atoms with van der Waals surface area (Å²) in [5.74, 6) is -3.56. The summed E-state index contributed by atoms with van der Waals surface area (Å²) in [6.07, 6.45) is 0. The molecule has 0 unspecified atom stereocenters. The third-order valence-corrected chi connectivity index (χ3v) is 7.94. The number of nitrogens with zero attached hydrogens (tertiary/aromatic N) is 1. The number of likely N-dealkylation sites (tertiary alicyclic amines) is 1. The van der Waals surface area contributed by atoms with Crippen molar-refractivity contribution in [1.82, 2.24) is 4.90 Å². The fraction of sp³-hybridized carbons (Fsp3) is 0.267. The highest BCUT2D eigenvalue weighted by Gasteiger charge is 2.61. The molecular formula is C30H26N2O5. The largest absolute Gasteiger partial charge is 0.454 e. The monoisotopic (exact) mass is 494 g/mol. The molecule has 186 valence electrons. The lowest BCUT2D eigenvalue weighted by Crippen LogP contribution is -2.41. The van der Waals surface area contributed by atoms with Crippen molar-refractivity contribution in [2.24, 2.45) is 11.8 Å². The van der Waals surface area contributed by atoms with E-state index >= 15 is 0 Å². The second-order valence-corrected chi connectivity index (χ2v) is 10.0. The predicted molar refractivity (Wildman–Crippen MR) is 136 cm³/mol. The summed E-state index contributed by atoms with van der Waals surface area (Å²) in [6.45, 7) is 2.75. The second kappa shape index (κ2) is 8.69. The normalized spacial score (nSPS) is 22.8. The maximum absolute atomic E-state index is 13.6. The number of rotatable bonds is 5. The molecule has 1 heterocycles. The van der Waals surface area contributed by atoms with Gasteiger partial charge in [-0.15, -0.1) is 0 Å². The molecule has 0 saturated carbocycles. The Labute approximate surface area is 214 Å². The molecule has 1 saturated heterocycles. The number of ether oxygens (including phenoxy) is 1. The summed E-state index contributed by atoms with van der Waals surface area (Å²) in [5.41, 5.74) is 6.75. The van der Waals surface area contributed by atoms with Crippen molar-refractivity contribution in [2.75, 3.05) is 18.5 Å². The standard InChI is InChI=1S/C30H26N2O5/c1-16-8-7-9-17(2)28(16)31-22(33)15-37-23(34)14-32-29(35)26-24-18-10-3-4-11-19(18)25(27(26)30(32)36)21-13-6-5-12-20(21)24/h3-13,24-27H,14-15H2,1-2H3,(H,31,33)/t24?,25?,26-,27-/m1/s1. The average Bonchev–Trinajstić information content (AvgIpc) is 3.15. The van der Waals surface area contributed by atoms with Crippen LogP contribution in [0.5, 0.6) is 0 Å². The predicted octanol–water partition coefficient (Wildman–Crippen LogP) is 3.68. The minimum absolute atomic E-state index is 0.233. The van der Waals surface area contributed by atoms with Crippen LogP contribution in [-0.4, -0.2) is 41.7 Å². The van der Waals surface area contributed by atoms with Gasteiger partial charge < -0.3 is 10.1 Å². The molecule has 37 heavy (non-hydrogen) atoms. The maximum atomic E-state index is 13.6. The van der Waals surface area contributed by atoms with Gasteiger partial charge in [-0.05, 0) is 47.2 Å². The van der Waals surface area contributed by atoms with Crippen molar-refractivity contribution < 1.29 is 23.9 Å². The van der Waals surface area contributed by atoms with Gasteiger partial charge in [0.25, 0.3) is 5.91 Å². The second-order valence-electron chi connectivity index (χ2n) is 10.0. The van der Waals surface area contributed by atoms with E-state index in [9.17, 15) is 19.2 Å². The molecular weight excluding hydrogens is 468 g/mol. The van der Waals surface area contributed by atoms with Crippen LogP contribution in [0.3, 0.4) is 0 Å². The summed E-state index contributed by atoms with van der Waals surface area (Å²) in [4.78, 5) is 53.2. The van der Waals surface area contributed by atoms with E-state index in [1.165, 1.54) is 0 Å². The quantitative estimate of drug-likeness (QED) is 0.432. The Bertz CT molecular complexity index is 1340. The number of para-hydroxylation sites is 1. The summed E-state index contributed by atoms with van der Waals surface area (Å²) in [6, 6.07) is 21.6. The molecule has 2 atom stereocenters. The molecule has 4 aliphatic rings. The van der Waals surface area contributed by atoms with Crippen molar-refractivity contribution in [2.45, 2.75) is 25.7 Å². The zero-order chi connectivity index (χ0) is 25.8. The van der Waals surface area contributed by atoms with E-state index < -0.39 is 36.9 Å². The van der Waals surface area contributed by atoms with E-state index in [0.717, 1.165) is 38.3 Å². The molecule has 1 N–H and O–H groups in total. The molecule has 1 aliphatic heterocycles. The van der Waals surface area contributed by atoms with Crippen LogP contribution < -0.4 is 5.32 Å². The number of nitrogens with one attached hydrogen (secondary N) is 1. The lowest BCUT2D eigenvalue weighted by molar-refractivity contribution is -0.154. The van der Waals surface area contributed by atoms with Crippen molar-refractivity contribution in [3.63, 3.8) is 0 Å². The molecule has 2 bridgehead atoms. The fourth-order valence-corrected chi connectivity index (χ4v) is 6.40. The molecule has 7 heteroatoms. The summed E-state index contributed by atoms with van der Waals surface area (Å²) in [7, 11) is 0. The number of hydrogen-bond donors (Lipinski definition) is 1. The van der Waals surface area contributed by atoms with Gasteiger partial charge in [-0.3, -0.25) is 24.1 Å². The van der Waals surface area contributed by atoms with Gasteiger partial charge in [0.2, 0.25) is 11.8 Å². The highest BCUT2D eigenvalue weighted by molar-refractivity contribution is 6.09. The van der Waals surface area contributed by atoms with E-state index in [1.807, 2.05) is 80.6 Å². The number of anilines is 1. The van der Waals surface area contributed by atoms with E-state index in [0.29, 0.717) is 5.69 Å². The lowest BCUT2D eigenvalue weighted by Gasteiger charge is -2.45. The average molecular weight is 495 g/mol. The first kappa shape index (κ1) is 23.2. The van der Waals surface area contributed by atoms with Crippen molar-refractivity contribution in [3.05, 3.63) is 100 Å². The number of carbonyl (C=O) groups is 4. The Morgan fingerprint density at radius 3 is 1.68 bits per heavy atom. The molecule has 0 aromatic heterocycles. The van der Waals surface area contributed by atoms with Gasteiger partial charge in [-0.25, -0.2) is 0 Å². The Hall–Kier alpha value is -4.26. The minimum Gasteiger partial charge on any atom is -0.454 e. The third-order valence-electron chi connectivity index (χ3n) is 7.94. The van der Waals surface area contributed by atoms with Gasteiger partial charge in [0.05, 0.1) is 11.8 Å². The summed E-state index contributed by atoms with van der Waals surface area (Å²) in [5, 5.41) is 2.76. The maximum Gasteiger partial charge on any atom is 0.326 e. The van der Waals surface area contributed by atoms with E-state index in [4.69, 9.17) is 4.74 Å². The molecule has 1 fully saturated rings. The lowest BCUT2D eigenvalue weighted by atomic mass is 9.55. The first-order chi connectivity index (χ1) is 17.9. The highest BCUT2D eigenvalue weighted by Crippen LogP contribution is 2.60. The molecule has 7 nitrogen and oxygen atoms in total. The molecule has 3 amide bonds. The number of esters is 1. The van der Waals surface area contributed by atoms with Gasteiger partial charge in [0.1, 0.15) is 6.54 Å². The Morgan fingerprint density at radius 1 is 0.757 bits per heavy atom. The minimum atomic E-state index is -0.792. The van der Waals surface area contributed by atoms with Crippen LogP contribution in [0.4, 0.5) is 5.69 Å². The number of benzene rings is 3. The van der Waals surface area contributed by atoms with Gasteiger partial charge in [-0.2, -0.15) is 0 Å². The van der Waals surface area contributed by atoms with Crippen LogP contribution in [0.2, 0.25) is 0 Å². The molecule has 7 rings (SSSR count). The molecule has 3 aromatic rings. The van der Waals surface area contributed by atoms with Crippen molar-refractivity contribution in [1.29, 1.82) is 0 Å². The molecule has 0 spiro atoms. The summed E-state index contributed by atoms with van der Waals surface area (Å²) < 4.78 is 5.16. The Kier molecular flexibility index (Phi) is 5.44. The number of amides is 3. The Morgan fingerprint density at radius 2 is 1.22 bits per heavy atom. The zero-order valence-electron chi connectivity index (χ0n) is 20.6. The van der Waals surface area contributed by atoms with E-state index in [1.54, 1.807) is 0 Å². The number of carbonyl (C=O) groups excluding carboxylic acids is 4. The Balaban J connectivity index is 1.19. The van der Waals surface area contributed by atoms with Gasteiger partial charge in [0, 0.05) is 17.5 Å². The SMILES string of the molecule is Cc1cccc(C)c1NC(=O)COC(=O)CN1C(=O)[C@@H]2C3c4ccccc4C(c4ccccc43)[C@H]2C1=O. The van der Waals surface area contributed by atoms with E-state index in [2.05, 4.69) is 5.32 Å². The molecule has 3 aromatic carbocycles.